The van der Waals surface area contributed by atoms with Crippen LogP contribution in [0.2, 0.25) is 5.15 Å². The summed E-state index contributed by atoms with van der Waals surface area (Å²) in [6, 6.07) is 7.34. The third-order valence-corrected chi connectivity index (χ3v) is 6.39. The Balaban J connectivity index is 1.47. The van der Waals surface area contributed by atoms with Crippen LogP contribution in [0.4, 0.5) is 10.2 Å². The van der Waals surface area contributed by atoms with Gasteiger partial charge in [0.2, 0.25) is 5.75 Å². The van der Waals surface area contributed by atoms with E-state index in [-0.39, 0.29) is 10.9 Å². The van der Waals surface area contributed by atoms with Gasteiger partial charge in [-0.3, -0.25) is 4.68 Å². The van der Waals surface area contributed by atoms with Crippen LogP contribution < -0.4 is 4.74 Å². The van der Waals surface area contributed by atoms with E-state index in [1.807, 2.05) is 10.9 Å². The van der Waals surface area contributed by atoms with Crippen molar-refractivity contribution in [3.8, 4) is 11.4 Å². The number of nitro groups is 1. The first-order valence-electron chi connectivity index (χ1n) is 11.2. The Morgan fingerprint density at radius 2 is 2.14 bits per heavy atom. The van der Waals surface area contributed by atoms with Crippen LogP contribution in [-0.2, 0) is 13.0 Å². The Kier molecular flexibility index (Phi) is 6.71. The fourth-order valence-electron chi connectivity index (χ4n) is 3.92. The van der Waals surface area contributed by atoms with E-state index in [4.69, 9.17) is 16.3 Å². The van der Waals surface area contributed by atoms with Crippen LogP contribution in [0.25, 0.3) is 5.69 Å². The van der Waals surface area contributed by atoms with Crippen LogP contribution in [0.1, 0.15) is 42.8 Å². The highest BCUT2D eigenvalue weighted by molar-refractivity contribution is 9.10. The van der Waals surface area contributed by atoms with Crippen molar-refractivity contribution in [3.05, 3.63) is 85.2 Å². The van der Waals surface area contributed by atoms with E-state index in [1.54, 1.807) is 23.7 Å². The molecule has 36 heavy (non-hydrogen) atoms. The van der Waals surface area contributed by atoms with E-state index in [2.05, 4.69) is 36.3 Å². The zero-order valence-electron chi connectivity index (χ0n) is 19.0. The van der Waals surface area contributed by atoms with Gasteiger partial charge in [-0.1, -0.05) is 16.8 Å². The Morgan fingerprint density at radius 1 is 1.33 bits per heavy atom. The number of hydrogen-bond acceptors (Lipinski definition) is 7. The molecule has 1 aliphatic rings. The Labute approximate surface area is 218 Å². The van der Waals surface area contributed by atoms with Crippen molar-refractivity contribution in [2.24, 2.45) is 5.92 Å². The minimum absolute atomic E-state index is 0.0527. The Hall–Kier alpha value is -3.38. The van der Waals surface area contributed by atoms with Gasteiger partial charge in [0.1, 0.15) is 11.9 Å². The van der Waals surface area contributed by atoms with Gasteiger partial charge in [-0.25, -0.2) is 9.07 Å². The lowest BCUT2D eigenvalue weighted by atomic mass is 10.1. The summed E-state index contributed by atoms with van der Waals surface area (Å²) in [7, 11) is 0. The summed E-state index contributed by atoms with van der Waals surface area (Å²) in [5.74, 6) is -0.323. The number of nitrogens with zero attached hydrogens (tertiary/aromatic N) is 7. The van der Waals surface area contributed by atoms with Crippen molar-refractivity contribution in [1.82, 2.24) is 29.8 Å². The number of rotatable bonds is 9. The largest absolute Gasteiger partial charge is 0.478 e. The molecule has 0 N–H and O–H groups in total. The molecular formula is C23H20BrClFN7O3. The third-order valence-electron chi connectivity index (χ3n) is 5.78. The van der Waals surface area contributed by atoms with E-state index in [0.717, 1.165) is 12.2 Å². The molecule has 4 aromatic rings. The molecule has 0 unspecified atom stereocenters. The standard InChI is InChI=1S/C23H20BrClFN7O3/c1-13(36-21-6-15(24)10-27-23(21)33(34)35)19-7-16(26)4-5-20(19)32-18(9-22(25)29-32)8-17-12-31(30-28-17)11-14-2-3-14/h4-7,9-10,12-14H,2-3,8,11H2,1H3/t13-/m1/s1. The summed E-state index contributed by atoms with van der Waals surface area (Å²) in [5.41, 5.74) is 2.40. The van der Waals surface area contributed by atoms with Crippen LogP contribution in [0.5, 0.6) is 5.75 Å². The monoisotopic (exact) mass is 575 g/mol. The Morgan fingerprint density at radius 3 is 2.89 bits per heavy atom. The minimum Gasteiger partial charge on any atom is -0.478 e. The predicted octanol–water partition coefficient (Wildman–Crippen LogP) is 5.46. The first-order chi connectivity index (χ1) is 17.3. The average Bonchev–Trinajstić information content (AvgIpc) is 3.41. The molecule has 5 rings (SSSR count). The molecule has 0 aliphatic heterocycles. The summed E-state index contributed by atoms with van der Waals surface area (Å²) in [6.45, 7) is 2.51. The molecule has 0 saturated heterocycles. The molecule has 0 amide bonds. The van der Waals surface area contributed by atoms with Crippen molar-refractivity contribution in [2.45, 2.75) is 38.8 Å². The predicted molar refractivity (Wildman–Crippen MR) is 132 cm³/mol. The Bertz CT molecular complexity index is 1440. The second kappa shape index (κ2) is 9.94. The van der Waals surface area contributed by atoms with Crippen LogP contribution in [0, 0.1) is 21.8 Å². The van der Waals surface area contributed by atoms with Gasteiger partial charge in [0, 0.05) is 30.8 Å². The van der Waals surface area contributed by atoms with Crippen molar-refractivity contribution in [3.63, 3.8) is 0 Å². The number of benzene rings is 1. The molecule has 3 aromatic heterocycles. The SMILES string of the molecule is C[C@@H](Oc1cc(Br)cnc1[N+](=O)[O-])c1cc(F)ccc1-n1nc(Cl)cc1Cc1cn(CC2CC2)nn1. The van der Waals surface area contributed by atoms with Crippen molar-refractivity contribution < 1.29 is 14.1 Å². The van der Waals surface area contributed by atoms with Crippen LogP contribution >= 0.6 is 27.5 Å². The maximum absolute atomic E-state index is 14.3. The highest BCUT2D eigenvalue weighted by Gasteiger charge is 2.25. The summed E-state index contributed by atoms with van der Waals surface area (Å²) in [4.78, 5) is 14.6. The van der Waals surface area contributed by atoms with Crippen molar-refractivity contribution in [2.75, 3.05) is 0 Å². The van der Waals surface area contributed by atoms with Gasteiger partial charge in [-0.2, -0.15) is 5.10 Å². The first kappa shape index (κ1) is 24.3. The topological polar surface area (TPSA) is 114 Å². The molecule has 1 saturated carbocycles. The molecule has 0 radical (unpaired) electrons. The smallest absolute Gasteiger partial charge is 0.406 e. The second-order valence-corrected chi connectivity index (χ2v) is 9.92. The number of pyridine rings is 1. The molecule has 1 fully saturated rings. The average molecular weight is 577 g/mol. The lowest BCUT2D eigenvalue weighted by Gasteiger charge is -2.19. The normalized spacial score (nSPS) is 14.1. The zero-order chi connectivity index (χ0) is 25.4. The molecule has 0 bridgehead atoms. The first-order valence-corrected chi connectivity index (χ1v) is 12.3. The van der Waals surface area contributed by atoms with E-state index < -0.39 is 22.7 Å². The summed E-state index contributed by atoms with van der Waals surface area (Å²) in [6.07, 6.45) is 5.25. The van der Waals surface area contributed by atoms with Crippen LogP contribution in [0.15, 0.2) is 47.2 Å². The van der Waals surface area contributed by atoms with Crippen molar-refractivity contribution >= 4 is 33.3 Å². The maximum Gasteiger partial charge on any atom is 0.406 e. The van der Waals surface area contributed by atoms with Crippen LogP contribution in [0.3, 0.4) is 0 Å². The lowest BCUT2D eigenvalue weighted by molar-refractivity contribution is -0.390. The van der Waals surface area contributed by atoms with Crippen molar-refractivity contribution in [1.29, 1.82) is 0 Å². The summed E-state index contributed by atoms with van der Waals surface area (Å²) in [5, 5.41) is 24.6. The van der Waals surface area contributed by atoms with Gasteiger partial charge in [0.05, 0.1) is 21.5 Å². The molecule has 1 aromatic carbocycles. The fraction of sp³-hybridized carbons (Fsp3) is 0.304. The van der Waals surface area contributed by atoms with E-state index >= 15 is 0 Å². The molecule has 3 heterocycles. The fourth-order valence-corrected chi connectivity index (χ4v) is 4.43. The van der Waals surface area contributed by atoms with Gasteiger partial charge in [-0.05, 0) is 75.8 Å². The molecule has 0 spiro atoms. The van der Waals surface area contributed by atoms with Gasteiger partial charge in [0.15, 0.2) is 11.3 Å². The number of aromatic nitrogens is 6. The van der Waals surface area contributed by atoms with E-state index in [0.29, 0.717) is 33.8 Å². The zero-order valence-corrected chi connectivity index (χ0v) is 21.4. The number of ether oxygens (including phenoxy) is 1. The maximum atomic E-state index is 14.3. The third kappa shape index (κ3) is 5.39. The van der Waals surface area contributed by atoms with Gasteiger partial charge < -0.3 is 14.9 Å². The van der Waals surface area contributed by atoms with E-state index in [1.165, 1.54) is 37.2 Å². The van der Waals surface area contributed by atoms with Gasteiger partial charge in [-0.15, -0.1) is 5.10 Å². The number of halogens is 3. The highest BCUT2D eigenvalue weighted by Crippen LogP contribution is 2.34. The highest BCUT2D eigenvalue weighted by atomic mass is 79.9. The van der Waals surface area contributed by atoms with E-state index in [9.17, 15) is 14.5 Å². The number of hydrogen-bond donors (Lipinski definition) is 0. The van der Waals surface area contributed by atoms with Crippen LogP contribution in [-0.4, -0.2) is 34.7 Å². The molecule has 1 atom stereocenters. The minimum atomic E-state index is -0.791. The molecule has 1 aliphatic carbocycles. The quantitative estimate of drug-likeness (QED) is 0.192. The molecule has 186 valence electrons. The molecule has 13 heteroatoms. The second-order valence-electron chi connectivity index (χ2n) is 8.62. The molecular weight excluding hydrogens is 557 g/mol. The summed E-state index contributed by atoms with van der Waals surface area (Å²) < 4.78 is 24.2. The lowest BCUT2D eigenvalue weighted by Crippen LogP contribution is -2.12. The van der Waals surface area contributed by atoms with Gasteiger partial charge in [0.25, 0.3) is 0 Å². The molecule has 10 nitrogen and oxygen atoms in total. The van der Waals surface area contributed by atoms with Gasteiger partial charge >= 0.3 is 5.82 Å². The summed E-state index contributed by atoms with van der Waals surface area (Å²) >= 11 is 9.51.